The lowest BCUT2D eigenvalue weighted by molar-refractivity contribution is 0.199. The molecule has 1 aliphatic carbocycles. The molecule has 1 heteroatoms. The highest BCUT2D eigenvalue weighted by Gasteiger charge is 2.28. The highest BCUT2D eigenvalue weighted by Crippen LogP contribution is 2.34. The van der Waals surface area contributed by atoms with E-state index in [1.807, 2.05) is 0 Å². The van der Waals surface area contributed by atoms with Gasteiger partial charge in [-0.1, -0.05) is 65.0 Å². The van der Waals surface area contributed by atoms with E-state index in [0.717, 1.165) is 11.8 Å². The van der Waals surface area contributed by atoms with Gasteiger partial charge in [0.25, 0.3) is 0 Å². The maximum Gasteiger partial charge on any atom is 0.0327 e. The first-order valence-electron chi connectivity index (χ1n) is 8.66. The van der Waals surface area contributed by atoms with Crippen molar-refractivity contribution >= 4 is 0 Å². The number of hydrogen-bond acceptors (Lipinski definition) is 1. The van der Waals surface area contributed by atoms with E-state index >= 15 is 0 Å². The number of hydrogen-bond donors (Lipinski definition) is 1. The first kappa shape index (κ1) is 16.5. The molecule has 0 amide bonds. The Hall–Kier alpha value is -0.820. The molecule has 0 heterocycles. The molecule has 0 spiro atoms. The lowest BCUT2D eigenvalue weighted by atomic mass is 9.78. The van der Waals surface area contributed by atoms with Crippen LogP contribution in [0, 0.1) is 17.3 Å². The van der Waals surface area contributed by atoms with Gasteiger partial charge in [0.15, 0.2) is 0 Å². The van der Waals surface area contributed by atoms with E-state index in [2.05, 4.69) is 70.3 Å². The lowest BCUT2D eigenvalue weighted by Gasteiger charge is -2.37. The molecule has 1 nitrogen and oxygen atoms in total. The van der Waals surface area contributed by atoms with E-state index in [1.54, 1.807) is 0 Å². The second-order valence-corrected chi connectivity index (χ2v) is 8.36. The Morgan fingerprint density at radius 1 is 1.05 bits per heavy atom. The van der Waals surface area contributed by atoms with Crippen LogP contribution in [0.2, 0.25) is 0 Å². The van der Waals surface area contributed by atoms with Gasteiger partial charge in [-0.3, -0.25) is 0 Å². The van der Waals surface area contributed by atoms with Crippen LogP contribution in [-0.2, 0) is 0 Å². The third-order valence-corrected chi connectivity index (χ3v) is 5.05. The Morgan fingerprint density at radius 3 is 2.29 bits per heavy atom. The van der Waals surface area contributed by atoms with E-state index in [9.17, 15) is 0 Å². The maximum absolute atomic E-state index is 3.98. The minimum atomic E-state index is 0.348. The predicted molar refractivity (Wildman–Crippen MR) is 92.4 cm³/mol. The van der Waals surface area contributed by atoms with Crippen molar-refractivity contribution in [1.29, 1.82) is 0 Å². The zero-order valence-electron chi connectivity index (χ0n) is 14.5. The van der Waals surface area contributed by atoms with Crippen molar-refractivity contribution < 1.29 is 0 Å². The molecule has 2 rings (SSSR count). The highest BCUT2D eigenvalue weighted by atomic mass is 15.0. The van der Waals surface area contributed by atoms with Gasteiger partial charge in [-0.05, 0) is 48.5 Å². The lowest BCUT2D eigenvalue weighted by Crippen LogP contribution is -2.39. The summed E-state index contributed by atoms with van der Waals surface area (Å²) in [7, 11) is 0. The summed E-state index contributed by atoms with van der Waals surface area (Å²) >= 11 is 0. The van der Waals surface area contributed by atoms with Crippen molar-refractivity contribution in [3.05, 3.63) is 35.9 Å². The van der Waals surface area contributed by atoms with Crippen molar-refractivity contribution in [2.45, 2.75) is 72.4 Å². The van der Waals surface area contributed by atoms with Crippen LogP contribution in [0.25, 0.3) is 0 Å². The number of benzene rings is 1. The third kappa shape index (κ3) is 5.14. The summed E-state index contributed by atoms with van der Waals surface area (Å²) in [4.78, 5) is 0. The Kier molecular flexibility index (Phi) is 5.48. The van der Waals surface area contributed by atoms with Crippen molar-refractivity contribution in [2.75, 3.05) is 0 Å². The molecule has 1 aliphatic rings. The van der Waals surface area contributed by atoms with Crippen molar-refractivity contribution in [3.63, 3.8) is 0 Å². The number of nitrogens with one attached hydrogen (secondary N) is 1. The quantitative estimate of drug-likeness (QED) is 0.762. The van der Waals surface area contributed by atoms with Gasteiger partial charge < -0.3 is 5.32 Å². The zero-order chi connectivity index (χ0) is 15.5. The van der Waals surface area contributed by atoms with Crippen molar-refractivity contribution in [3.8, 4) is 0 Å². The Morgan fingerprint density at radius 2 is 1.71 bits per heavy atom. The van der Waals surface area contributed by atoms with E-state index in [0.29, 0.717) is 17.5 Å². The van der Waals surface area contributed by atoms with E-state index < -0.39 is 0 Å². The SMILES string of the molecule is CC1CCC(NC(CC(C)(C)C)c2ccccc2)CC1C. The molecular formula is C20H33N. The fourth-order valence-electron chi connectivity index (χ4n) is 3.55. The van der Waals surface area contributed by atoms with Crippen molar-refractivity contribution in [2.24, 2.45) is 17.3 Å². The molecule has 1 fully saturated rings. The standard InChI is InChI=1S/C20H33N/c1-15-11-12-18(13-16(15)2)21-19(14-20(3,4)5)17-9-7-6-8-10-17/h6-10,15-16,18-19,21H,11-14H2,1-5H3. The molecule has 0 bridgehead atoms. The monoisotopic (exact) mass is 287 g/mol. The van der Waals surface area contributed by atoms with Crippen LogP contribution in [0.15, 0.2) is 30.3 Å². The largest absolute Gasteiger partial charge is 0.307 e. The molecule has 1 N–H and O–H groups in total. The smallest absolute Gasteiger partial charge is 0.0327 e. The topological polar surface area (TPSA) is 12.0 Å². The average molecular weight is 287 g/mol. The third-order valence-electron chi connectivity index (χ3n) is 5.05. The van der Waals surface area contributed by atoms with Crippen LogP contribution >= 0.6 is 0 Å². The van der Waals surface area contributed by atoms with E-state index in [4.69, 9.17) is 0 Å². The average Bonchev–Trinajstić information content (AvgIpc) is 2.42. The van der Waals surface area contributed by atoms with Gasteiger partial charge in [-0.2, -0.15) is 0 Å². The van der Waals surface area contributed by atoms with E-state index in [1.165, 1.54) is 31.2 Å². The summed E-state index contributed by atoms with van der Waals surface area (Å²) in [6, 6.07) is 12.2. The maximum atomic E-state index is 3.98. The molecular weight excluding hydrogens is 254 g/mol. The van der Waals surface area contributed by atoms with Gasteiger partial charge in [0.2, 0.25) is 0 Å². The fourth-order valence-corrected chi connectivity index (χ4v) is 3.55. The molecule has 1 saturated carbocycles. The second-order valence-electron chi connectivity index (χ2n) is 8.36. The molecule has 21 heavy (non-hydrogen) atoms. The Labute approximate surface area is 131 Å². The molecule has 0 aliphatic heterocycles. The minimum Gasteiger partial charge on any atom is -0.307 e. The molecule has 4 atom stereocenters. The first-order valence-corrected chi connectivity index (χ1v) is 8.66. The van der Waals surface area contributed by atoms with Gasteiger partial charge in [-0.15, -0.1) is 0 Å². The summed E-state index contributed by atoms with van der Waals surface area (Å²) in [5.41, 5.74) is 1.79. The zero-order valence-corrected chi connectivity index (χ0v) is 14.5. The molecule has 4 unspecified atom stereocenters. The Bertz CT molecular complexity index is 417. The molecule has 0 saturated heterocycles. The molecule has 118 valence electrons. The van der Waals surface area contributed by atoms with Gasteiger partial charge in [0.05, 0.1) is 0 Å². The fraction of sp³-hybridized carbons (Fsp3) is 0.700. The van der Waals surface area contributed by atoms with E-state index in [-0.39, 0.29) is 0 Å². The van der Waals surface area contributed by atoms with Crippen LogP contribution in [0.3, 0.4) is 0 Å². The second kappa shape index (κ2) is 6.96. The highest BCUT2D eigenvalue weighted by molar-refractivity contribution is 5.19. The van der Waals surface area contributed by atoms with Crippen LogP contribution in [0.5, 0.6) is 0 Å². The van der Waals surface area contributed by atoms with Gasteiger partial charge >= 0.3 is 0 Å². The van der Waals surface area contributed by atoms with Crippen LogP contribution in [-0.4, -0.2) is 6.04 Å². The summed E-state index contributed by atoms with van der Waals surface area (Å²) in [6.45, 7) is 11.9. The van der Waals surface area contributed by atoms with Gasteiger partial charge in [0.1, 0.15) is 0 Å². The van der Waals surface area contributed by atoms with Crippen LogP contribution in [0.1, 0.15) is 71.9 Å². The summed E-state index contributed by atoms with van der Waals surface area (Å²) in [5, 5.41) is 3.98. The Balaban J connectivity index is 2.06. The summed E-state index contributed by atoms with van der Waals surface area (Å²) in [6.07, 6.45) is 5.22. The molecule has 0 aromatic heterocycles. The van der Waals surface area contributed by atoms with Crippen molar-refractivity contribution in [1.82, 2.24) is 5.32 Å². The molecule has 0 radical (unpaired) electrons. The molecule has 1 aromatic rings. The minimum absolute atomic E-state index is 0.348. The van der Waals surface area contributed by atoms with Gasteiger partial charge in [0, 0.05) is 12.1 Å². The summed E-state index contributed by atoms with van der Waals surface area (Å²) in [5.74, 6) is 1.74. The summed E-state index contributed by atoms with van der Waals surface area (Å²) < 4.78 is 0. The first-order chi connectivity index (χ1) is 9.85. The molecule has 1 aromatic carbocycles. The van der Waals surface area contributed by atoms with Crippen LogP contribution < -0.4 is 5.32 Å². The van der Waals surface area contributed by atoms with Gasteiger partial charge in [-0.25, -0.2) is 0 Å². The normalized spacial score (nSPS) is 28.3. The number of rotatable bonds is 4. The predicted octanol–water partition coefficient (Wildman–Crippen LogP) is 5.58. The van der Waals surface area contributed by atoms with Crippen LogP contribution in [0.4, 0.5) is 0 Å².